The molecule has 1 fully saturated rings. The maximum atomic E-state index is 12.6. The van der Waals surface area contributed by atoms with E-state index < -0.39 is 10.0 Å². The number of carbonyl (C=O) groups excluding carboxylic acids is 1. The van der Waals surface area contributed by atoms with Gasteiger partial charge in [-0.2, -0.15) is 4.31 Å². The zero-order chi connectivity index (χ0) is 21.6. The van der Waals surface area contributed by atoms with Gasteiger partial charge >= 0.3 is 0 Å². The Kier molecular flexibility index (Phi) is 7.64. The Hall–Kier alpha value is -2.22. The van der Waals surface area contributed by atoms with Gasteiger partial charge < -0.3 is 10.2 Å². The molecule has 2 aromatic carbocycles. The number of hydrogen-bond acceptors (Lipinski definition) is 4. The van der Waals surface area contributed by atoms with E-state index in [1.807, 2.05) is 7.05 Å². The summed E-state index contributed by atoms with van der Waals surface area (Å²) in [6.07, 6.45) is 1.79. The van der Waals surface area contributed by atoms with Crippen LogP contribution in [0.15, 0.2) is 48.5 Å². The summed E-state index contributed by atoms with van der Waals surface area (Å²) in [5.41, 5.74) is 3.75. The highest BCUT2D eigenvalue weighted by Crippen LogP contribution is 2.14. The van der Waals surface area contributed by atoms with E-state index in [1.54, 1.807) is 28.6 Å². The lowest BCUT2D eigenvalue weighted by Gasteiger charge is -2.31. The van der Waals surface area contributed by atoms with Crippen molar-refractivity contribution in [3.8, 4) is 0 Å². The van der Waals surface area contributed by atoms with Crippen molar-refractivity contribution < 1.29 is 13.2 Å². The molecule has 3 rings (SSSR count). The molecule has 1 N–H and O–H groups in total. The number of hydrogen-bond donors (Lipinski definition) is 1. The number of sulfonamides is 1. The topological polar surface area (TPSA) is 69.7 Å². The third kappa shape index (κ3) is 6.39. The Bertz CT molecular complexity index is 933. The average Bonchev–Trinajstić information content (AvgIpc) is 2.73. The van der Waals surface area contributed by atoms with Crippen LogP contribution in [-0.4, -0.2) is 63.3 Å². The number of amides is 1. The zero-order valence-electron chi connectivity index (χ0n) is 17.8. The van der Waals surface area contributed by atoms with Crippen LogP contribution in [0.25, 0.3) is 0 Å². The molecule has 7 heteroatoms. The summed E-state index contributed by atoms with van der Waals surface area (Å²) in [7, 11) is -1.34. The van der Waals surface area contributed by atoms with Crippen molar-refractivity contribution in [2.75, 3.05) is 39.8 Å². The molecule has 162 valence electrons. The van der Waals surface area contributed by atoms with E-state index in [1.165, 1.54) is 11.1 Å². The lowest BCUT2D eigenvalue weighted by atomic mass is 10.1. The molecule has 6 nitrogen and oxygen atoms in total. The van der Waals surface area contributed by atoms with Crippen molar-refractivity contribution >= 4 is 15.9 Å². The highest BCUT2D eigenvalue weighted by molar-refractivity contribution is 7.88. The lowest BCUT2D eigenvalue weighted by molar-refractivity contribution is 0.0953. The number of piperazine rings is 1. The second kappa shape index (κ2) is 10.2. The van der Waals surface area contributed by atoms with E-state index >= 15 is 0 Å². The van der Waals surface area contributed by atoms with Gasteiger partial charge in [0.05, 0.1) is 5.75 Å². The molecule has 30 heavy (non-hydrogen) atoms. The van der Waals surface area contributed by atoms with Crippen LogP contribution in [-0.2, 0) is 22.2 Å². The summed E-state index contributed by atoms with van der Waals surface area (Å²) in [4.78, 5) is 14.5. The number of aryl methyl sites for hydroxylation is 2. The third-order valence-electron chi connectivity index (χ3n) is 5.47. The molecule has 1 amide bonds. The van der Waals surface area contributed by atoms with E-state index in [4.69, 9.17) is 0 Å². The average molecular weight is 430 g/mol. The van der Waals surface area contributed by atoms with Crippen LogP contribution < -0.4 is 5.32 Å². The van der Waals surface area contributed by atoms with Gasteiger partial charge in [-0.1, -0.05) is 42.0 Å². The van der Waals surface area contributed by atoms with Crippen molar-refractivity contribution in [3.63, 3.8) is 0 Å². The van der Waals surface area contributed by atoms with E-state index in [-0.39, 0.29) is 11.7 Å². The molecule has 0 bridgehead atoms. The first kappa shape index (κ1) is 22.5. The van der Waals surface area contributed by atoms with Crippen LogP contribution in [0.3, 0.4) is 0 Å². The molecule has 0 aliphatic carbocycles. The van der Waals surface area contributed by atoms with Gasteiger partial charge in [-0.3, -0.25) is 4.79 Å². The minimum Gasteiger partial charge on any atom is -0.352 e. The van der Waals surface area contributed by atoms with Crippen molar-refractivity contribution in [3.05, 3.63) is 70.8 Å². The number of rotatable bonds is 8. The van der Waals surface area contributed by atoms with Crippen molar-refractivity contribution in [2.45, 2.75) is 25.5 Å². The quantitative estimate of drug-likeness (QED) is 0.655. The Labute approximate surface area is 179 Å². The first-order valence-electron chi connectivity index (χ1n) is 10.4. The summed E-state index contributed by atoms with van der Waals surface area (Å²) in [5.74, 6) is -0.165. The van der Waals surface area contributed by atoms with Crippen LogP contribution in [0.1, 0.15) is 33.5 Å². The Balaban J connectivity index is 1.46. The standard InChI is InChI=1S/C23H31N3O3S/c1-19-5-7-20(8-6-19)4-3-13-24-23(27)22-11-9-21(10-12-22)18-30(28,29)26-16-14-25(2)15-17-26/h5-12H,3-4,13-18H2,1-2H3,(H,24,27). The van der Waals surface area contributed by atoms with Crippen LogP contribution in [0.2, 0.25) is 0 Å². The Morgan fingerprint density at radius 2 is 1.53 bits per heavy atom. The molecule has 0 saturated carbocycles. The minimum atomic E-state index is -3.33. The Morgan fingerprint density at radius 3 is 2.17 bits per heavy atom. The molecular formula is C23H31N3O3S. The summed E-state index contributed by atoms with van der Waals surface area (Å²) in [6, 6.07) is 15.3. The number of benzene rings is 2. The molecule has 0 atom stereocenters. The smallest absolute Gasteiger partial charge is 0.251 e. The van der Waals surface area contributed by atoms with Crippen molar-refractivity contribution in [1.82, 2.24) is 14.5 Å². The molecule has 1 heterocycles. The molecule has 0 aromatic heterocycles. The van der Waals surface area contributed by atoms with Crippen LogP contribution >= 0.6 is 0 Å². The molecule has 0 unspecified atom stereocenters. The largest absolute Gasteiger partial charge is 0.352 e. The molecule has 1 aliphatic heterocycles. The number of nitrogens with one attached hydrogen (secondary N) is 1. The molecule has 2 aromatic rings. The third-order valence-corrected chi connectivity index (χ3v) is 7.32. The Morgan fingerprint density at radius 1 is 0.933 bits per heavy atom. The van der Waals surface area contributed by atoms with Crippen molar-refractivity contribution in [2.24, 2.45) is 0 Å². The second-order valence-electron chi connectivity index (χ2n) is 8.00. The molecule has 0 spiro atoms. The van der Waals surface area contributed by atoms with Crippen LogP contribution in [0.5, 0.6) is 0 Å². The van der Waals surface area contributed by atoms with E-state index in [0.717, 1.165) is 25.9 Å². The van der Waals surface area contributed by atoms with Gasteiger partial charge in [0.25, 0.3) is 5.91 Å². The van der Waals surface area contributed by atoms with Crippen molar-refractivity contribution in [1.29, 1.82) is 0 Å². The van der Waals surface area contributed by atoms with E-state index in [0.29, 0.717) is 30.8 Å². The highest BCUT2D eigenvalue weighted by Gasteiger charge is 2.25. The van der Waals surface area contributed by atoms with Gasteiger partial charge in [0.15, 0.2) is 0 Å². The van der Waals surface area contributed by atoms with E-state index in [9.17, 15) is 13.2 Å². The van der Waals surface area contributed by atoms with Gasteiger partial charge in [-0.25, -0.2) is 8.42 Å². The summed E-state index contributed by atoms with van der Waals surface area (Å²) < 4.78 is 26.8. The van der Waals surface area contributed by atoms with Gasteiger partial charge in [0, 0.05) is 38.3 Å². The molecule has 1 aliphatic rings. The van der Waals surface area contributed by atoms with Gasteiger partial charge in [0.1, 0.15) is 0 Å². The number of nitrogens with zero attached hydrogens (tertiary/aromatic N) is 2. The first-order chi connectivity index (χ1) is 14.3. The SMILES string of the molecule is Cc1ccc(CCCNC(=O)c2ccc(CS(=O)(=O)N3CCN(C)CC3)cc2)cc1. The van der Waals surface area contributed by atoms with Gasteiger partial charge in [0.2, 0.25) is 10.0 Å². The predicted octanol–water partition coefficient (Wildman–Crippen LogP) is 2.43. The predicted molar refractivity (Wildman–Crippen MR) is 120 cm³/mol. The fourth-order valence-corrected chi connectivity index (χ4v) is 4.99. The summed E-state index contributed by atoms with van der Waals surface area (Å²) >= 11 is 0. The number of likely N-dealkylation sites (N-methyl/N-ethyl adjacent to an activating group) is 1. The monoisotopic (exact) mass is 429 g/mol. The first-order valence-corrected chi connectivity index (χ1v) is 12.0. The second-order valence-corrected chi connectivity index (χ2v) is 9.97. The summed E-state index contributed by atoms with van der Waals surface area (Å²) in [6.45, 7) is 5.23. The van der Waals surface area contributed by atoms with Crippen LogP contribution in [0.4, 0.5) is 0 Å². The zero-order valence-corrected chi connectivity index (χ0v) is 18.6. The lowest BCUT2D eigenvalue weighted by Crippen LogP contribution is -2.47. The maximum absolute atomic E-state index is 12.6. The molecule has 0 radical (unpaired) electrons. The van der Waals surface area contributed by atoms with Crippen LogP contribution in [0, 0.1) is 6.92 Å². The van der Waals surface area contributed by atoms with E-state index in [2.05, 4.69) is 41.4 Å². The fourth-order valence-electron chi connectivity index (χ4n) is 3.47. The van der Waals surface area contributed by atoms with Gasteiger partial charge in [-0.15, -0.1) is 0 Å². The fraction of sp³-hybridized carbons (Fsp3) is 0.435. The normalized spacial score (nSPS) is 15.8. The molecular weight excluding hydrogens is 398 g/mol. The highest BCUT2D eigenvalue weighted by atomic mass is 32.2. The molecule has 1 saturated heterocycles. The number of carbonyl (C=O) groups is 1. The minimum absolute atomic E-state index is 0.0326. The van der Waals surface area contributed by atoms with Gasteiger partial charge in [-0.05, 0) is 50.1 Å². The summed E-state index contributed by atoms with van der Waals surface area (Å²) in [5, 5.41) is 2.93. The maximum Gasteiger partial charge on any atom is 0.251 e.